The van der Waals surface area contributed by atoms with Crippen molar-refractivity contribution < 1.29 is 4.79 Å². The van der Waals surface area contributed by atoms with Gasteiger partial charge in [-0.1, -0.05) is 19.9 Å². The molecular weight excluding hydrogens is 250 g/mol. The number of thiophene rings is 1. The fraction of sp³-hybridized carbons (Fsp3) is 0.615. The number of Topliss-reactive ketones (excluding diaryl/α,β-unsaturated/α-hetero) is 1. The molecule has 4 heteroatoms. The molecule has 2 heterocycles. The summed E-state index contributed by atoms with van der Waals surface area (Å²) in [6.45, 7) is 7.24. The minimum atomic E-state index is 0.268. The van der Waals surface area contributed by atoms with Gasteiger partial charge >= 0.3 is 0 Å². The van der Waals surface area contributed by atoms with E-state index in [2.05, 4.69) is 18.7 Å². The fourth-order valence-corrected chi connectivity index (χ4v) is 3.73. The van der Waals surface area contributed by atoms with Crippen LogP contribution in [-0.4, -0.2) is 40.8 Å². The van der Waals surface area contributed by atoms with Crippen molar-refractivity contribution in [1.82, 2.24) is 4.90 Å². The lowest BCUT2D eigenvalue weighted by molar-refractivity contribution is 0.0938. The van der Waals surface area contributed by atoms with Crippen LogP contribution in [0.15, 0.2) is 17.5 Å². The molecule has 0 spiro atoms. The molecule has 1 aromatic rings. The van der Waals surface area contributed by atoms with Crippen molar-refractivity contribution in [2.75, 3.05) is 25.4 Å². The normalized spacial score (nSPS) is 21.1. The summed E-state index contributed by atoms with van der Waals surface area (Å²) in [4.78, 5) is 15.2. The SMILES string of the molecule is CC1(C)CCN(CC(=O)c2cccs2)CCS1. The van der Waals surface area contributed by atoms with E-state index in [-0.39, 0.29) is 5.78 Å². The van der Waals surface area contributed by atoms with Gasteiger partial charge in [-0.15, -0.1) is 11.3 Å². The molecule has 0 aliphatic carbocycles. The molecule has 1 saturated heterocycles. The zero-order valence-corrected chi connectivity index (χ0v) is 12.1. The molecule has 2 nitrogen and oxygen atoms in total. The summed E-state index contributed by atoms with van der Waals surface area (Å²) in [6.07, 6.45) is 1.16. The summed E-state index contributed by atoms with van der Waals surface area (Å²) >= 11 is 3.56. The van der Waals surface area contributed by atoms with Gasteiger partial charge in [0.1, 0.15) is 0 Å². The number of carbonyl (C=O) groups is 1. The topological polar surface area (TPSA) is 20.3 Å². The van der Waals surface area contributed by atoms with Gasteiger partial charge in [0.15, 0.2) is 5.78 Å². The first-order valence-corrected chi connectivity index (χ1v) is 7.86. The van der Waals surface area contributed by atoms with Gasteiger partial charge < -0.3 is 0 Å². The van der Waals surface area contributed by atoms with E-state index >= 15 is 0 Å². The molecule has 0 aromatic carbocycles. The van der Waals surface area contributed by atoms with Crippen LogP contribution in [-0.2, 0) is 0 Å². The lowest BCUT2D eigenvalue weighted by atomic mass is 10.1. The number of carbonyl (C=O) groups excluding carboxylic acids is 1. The molecule has 0 bridgehead atoms. The minimum Gasteiger partial charge on any atom is -0.295 e. The summed E-state index contributed by atoms with van der Waals surface area (Å²) in [7, 11) is 0. The minimum absolute atomic E-state index is 0.268. The second kappa shape index (κ2) is 5.55. The van der Waals surface area contributed by atoms with Crippen LogP contribution < -0.4 is 0 Å². The molecule has 0 radical (unpaired) electrons. The highest BCUT2D eigenvalue weighted by atomic mass is 32.2. The predicted octanol–water partition coefficient (Wildman–Crippen LogP) is 3.15. The molecule has 1 aromatic heterocycles. The molecule has 0 N–H and O–H groups in total. The van der Waals surface area contributed by atoms with Crippen molar-refractivity contribution in [1.29, 1.82) is 0 Å². The standard InChI is InChI=1S/C13H19NOS2/c1-13(2)5-6-14(7-9-17-13)10-11(15)12-4-3-8-16-12/h3-4,8H,5-7,9-10H2,1-2H3. The third-order valence-electron chi connectivity index (χ3n) is 3.09. The Morgan fingerprint density at radius 2 is 2.29 bits per heavy atom. The number of ketones is 1. The average Bonchev–Trinajstić information content (AvgIpc) is 2.73. The van der Waals surface area contributed by atoms with E-state index in [0.717, 1.165) is 30.1 Å². The highest BCUT2D eigenvalue weighted by molar-refractivity contribution is 8.00. The summed E-state index contributed by atoms with van der Waals surface area (Å²) in [6, 6.07) is 3.86. The molecule has 0 unspecified atom stereocenters. The summed E-state index contributed by atoms with van der Waals surface area (Å²) in [5.74, 6) is 1.40. The third-order valence-corrected chi connectivity index (χ3v) is 5.38. The average molecular weight is 269 g/mol. The molecule has 1 aliphatic heterocycles. The van der Waals surface area contributed by atoms with Gasteiger partial charge in [-0.25, -0.2) is 0 Å². The second-order valence-corrected chi connectivity index (χ2v) is 7.78. The Morgan fingerprint density at radius 1 is 1.47 bits per heavy atom. The summed E-state index contributed by atoms with van der Waals surface area (Å²) in [5, 5.41) is 1.97. The Bertz CT molecular complexity index is 373. The number of hydrogen-bond donors (Lipinski definition) is 0. The Hall–Kier alpha value is -0.320. The Balaban J connectivity index is 1.89. The van der Waals surface area contributed by atoms with Gasteiger partial charge in [-0.2, -0.15) is 11.8 Å². The van der Waals surface area contributed by atoms with E-state index in [0.29, 0.717) is 11.3 Å². The molecule has 0 atom stereocenters. The quantitative estimate of drug-likeness (QED) is 0.786. The number of rotatable bonds is 3. The Morgan fingerprint density at radius 3 is 3.00 bits per heavy atom. The molecule has 17 heavy (non-hydrogen) atoms. The van der Waals surface area contributed by atoms with Crippen LogP contribution in [0.4, 0.5) is 0 Å². The third kappa shape index (κ3) is 3.83. The maximum absolute atomic E-state index is 12.0. The van der Waals surface area contributed by atoms with E-state index in [1.807, 2.05) is 29.3 Å². The highest BCUT2D eigenvalue weighted by Crippen LogP contribution is 2.30. The maximum atomic E-state index is 12.0. The van der Waals surface area contributed by atoms with Crippen LogP contribution in [0, 0.1) is 0 Å². The highest BCUT2D eigenvalue weighted by Gasteiger charge is 2.24. The van der Waals surface area contributed by atoms with Gasteiger partial charge in [0.25, 0.3) is 0 Å². The molecule has 0 amide bonds. The lowest BCUT2D eigenvalue weighted by Crippen LogP contribution is -2.32. The first-order valence-electron chi connectivity index (χ1n) is 6.00. The number of hydrogen-bond acceptors (Lipinski definition) is 4. The van der Waals surface area contributed by atoms with Crippen molar-refractivity contribution in [3.63, 3.8) is 0 Å². The first kappa shape index (κ1) is 13.1. The van der Waals surface area contributed by atoms with Crippen LogP contribution >= 0.6 is 23.1 Å². The fourth-order valence-electron chi connectivity index (χ4n) is 1.94. The van der Waals surface area contributed by atoms with Crippen LogP contribution in [0.25, 0.3) is 0 Å². The molecule has 0 saturated carbocycles. The zero-order chi connectivity index (χ0) is 12.3. The van der Waals surface area contributed by atoms with Crippen LogP contribution in [0.3, 0.4) is 0 Å². The van der Waals surface area contributed by atoms with Crippen molar-refractivity contribution in [2.45, 2.75) is 25.0 Å². The summed E-state index contributed by atoms with van der Waals surface area (Å²) in [5.41, 5.74) is 0. The largest absolute Gasteiger partial charge is 0.295 e. The Labute approximate surface area is 111 Å². The smallest absolute Gasteiger partial charge is 0.186 e. The van der Waals surface area contributed by atoms with Crippen molar-refractivity contribution in [2.24, 2.45) is 0 Å². The van der Waals surface area contributed by atoms with Gasteiger partial charge in [0.05, 0.1) is 11.4 Å². The second-order valence-electron chi connectivity index (χ2n) is 5.03. The first-order chi connectivity index (χ1) is 8.07. The van der Waals surface area contributed by atoms with E-state index in [1.54, 1.807) is 11.3 Å². The van der Waals surface area contributed by atoms with Crippen LogP contribution in [0.2, 0.25) is 0 Å². The van der Waals surface area contributed by atoms with E-state index in [9.17, 15) is 4.79 Å². The lowest BCUT2D eigenvalue weighted by Gasteiger charge is -2.22. The summed E-state index contributed by atoms with van der Waals surface area (Å²) < 4.78 is 0.362. The molecular formula is C13H19NOS2. The van der Waals surface area contributed by atoms with Gasteiger partial charge in [0, 0.05) is 17.0 Å². The maximum Gasteiger partial charge on any atom is 0.186 e. The van der Waals surface area contributed by atoms with Gasteiger partial charge in [0.2, 0.25) is 0 Å². The van der Waals surface area contributed by atoms with Gasteiger partial charge in [-0.05, 0) is 24.4 Å². The van der Waals surface area contributed by atoms with E-state index in [4.69, 9.17) is 0 Å². The Kier molecular flexibility index (Phi) is 4.28. The molecule has 1 fully saturated rings. The monoisotopic (exact) mass is 269 g/mol. The van der Waals surface area contributed by atoms with Crippen LogP contribution in [0.1, 0.15) is 29.9 Å². The molecule has 1 aliphatic rings. The van der Waals surface area contributed by atoms with Crippen molar-refractivity contribution in [3.8, 4) is 0 Å². The van der Waals surface area contributed by atoms with E-state index < -0.39 is 0 Å². The zero-order valence-electron chi connectivity index (χ0n) is 10.4. The predicted molar refractivity (Wildman–Crippen MR) is 76.2 cm³/mol. The van der Waals surface area contributed by atoms with Crippen molar-refractivity contribution in [3.05, 3.63) is 22.4 Å². The number of nitrogens with zero attached hydrogens (tertiary/aromatic N) is 1. The van der Waals surface area contributed by atoms with Crippen LogP contribution in [0.5, 0.6) is 0 Å². The van der Waals surface area contributed by atoms with Gasteiger partial charge in [-0.3, -0.25) is 9.69 Å². The molecule has 94 valence electrons. The molecule has 2 rings (SSSR count). The van der Waals surface area contributed by atoms with E-state index in [1.165, 1.54) is 0 Å². The van der Waals surface area contributed by atoms with Crippen molar-refractivity contribution >= 4 is 28.9 Å². The number of thioether (sulfide) groups is 1.